The molecule has 1 aliphatic heterocycles. The molecule has 98 valence electrons. The number of benzene rings is 1. The summed E-state index contributed by atoms with van der Waals surface area (Å²) in [6.07, 6.45) is 0.736. The van der Waals surface area contributed by atoms with E-state index in [0.29, 0.717) is 19.1 Å². The van der Waals surface area contributed by atoms with Crippen LogP contribution in [0.3, 0.4) is 0 Å². The molecule has 4 nitrogen and oxygen atoms in total. The molecule has 1 saturated heterocycles. The summed E-state index contributed by atoms with van der Waals surface area (Å²) in [5.74, 6) is 0.397. The van der Waals surface area contributed by atoms with Crippen LogP contribution in [0.15, 0.2) is 30.3 Å². The first-order chi connectivity index (χ1) is 8.66. The van der Waals surface area contributed by atoms with Crippen LogP contribution in [0.4, 0.5) is 4.79 Å². The molecule has 2 N–H and O–H groups in total. The van der Waals surface area contributed by atoms with E-state index >= 15 is 0 Å². The fraction of sp³-hybridized carbons (Fsp3) is 0.500. The first-order valence-electron chi connectivity index (χ1n) is 6.38. The van der Waals surface area contributed by atoms with Gasteiger partial charge in [-0.2, -0.15) is 0 Å². The Morgan fingerprint density at radius 1 is 1.50 bits per heavy atom. The summed E-state index contributed by atoms with van der Waals surface area (Å²) >= 11 is 0. The smallest absolute Gasteiger partial charge is 0.410 e. The van der Waals surface area contributed by atoms with Crippen molar-refractivity contribution in [2.45, 2.75) is 26.0 Å². The highest BCUT2D eigenvalue weighted by Crippen LogP contribution is 2.19. The summed E-state index contributed by atoms with van der Waals surface area (Å²) in [5, 5.41) is 0. The van der Waals surface area contributed by atoms with E-state index in [1.165, 1.54) is 0 Å². The molecular formula is C14H20N2O2. The minimum absolute atomic E-state index is 0.136. The van der Waals surface area contributed by atoms with Crippen molar-refractivity contribution in [3.63, 3.8) is 0 Å². The van der Waals surface area contributed by atoms with Gasteiger partial charge in [0.15, 0.2) is 0 Å². The normalized spacial score (nSPS) is 20.8. The lowest BCUT2D eigenvalue weighted by molar-refractivity contribution is 0.103. The van der Waals surface area contributed by atoms with E-state index in [1.54, 1.807) is 4.90 Å². The number of likely N-dealkylation sites (tertiary alicyclic amines) is 1. The van der Waals surface area contributed by atoms with Crippen molar-refractivity contribution >= 4 is 6.09 Å². The summed E-state index contributed by atoms with van der Waals surface area (Å²) in [4.78, 5) is 13.6. The maximum Gasteiger partial charge on any atom is 0.410 e. The van der Waals surface area contributed by atoms with Gasteiger partial charge in [-0.15, -0.1) is 0 Å². The lowest BCUT2D eigenvalue weighted by Crippen LogP contribution is -2.33. The van der Waals surface area contributed by atoms with Gasteiger partial charge in [0.25, 0.3) is 0 Å². The molecule has 1 amide bonds. The van der Waals surface area contributed by atoms with Gasteiger partial charge >= 0.3 is 6.09 Å². The highest BCUT2D eigenvalue weighted by atomic mass is 16.6. The Bertz CT molecular complexity index is 392. The van der Waals surface area contributed by atoms with E-state index in [2.05, 4.69) is 0 Å². The summed E-state index contributed by atoms with van der Waals surface area (Å²) in [5.41, 5.74) is 6.85. The van der Waals surface area contributed by atoms with Crippen molar-refractivity contribution in [1.29, 1.82) is 0 Å². The predicted molar refractivity (Wildman–Crippen MR) is 70.0 cm³/mol. The molecule has 0 aromatic heterocycles. The van der Waals surface area contributed by atoms with E-state index in [-0.39, 0.29) is 12.1 Å². The van der Waals surface area contributed by atoms with Crippen molar-refractivity contribution in [2.24, 2.45) is 11.7 Å². The van der Waals surface area contributed by atoms with E-state index < -0.39 is 0 Å². The topological polar surface area (TPSA) is 55.6 Å². The molecule has 0 radical (unpaired) electrons. The molecule has 0 bridgehead atoms. The molecule has 0 aliphatic carbocycles. The number of rotatable bonds is 3. The maximum atomic E-state index is 11.8. The molecule has 0 saturated carbocycles. The van der Waals surface area contributed by atoms with Crippen LogP contribution >= 0.6 is 0 Å². The quantitative estimate of drug-likeness (QED) is 0.890. The van der Waals surface area contributed by atoms with Crippen LogP contribution in [0.1, 0.15) is 18.9 Å². The summed E-state index contributed by atoms with van der Waals surface area (Å²) in [6, 6.07) is 9.84. The molecule has 1 fully saturated rings. The summed E-state index contributed by atoms with van der Waals surface area (Å²) in [6.45, 7) is 3.79. The zero-order valence-corrected chi connectivity index (χ0v) is 10.7. The van der Waals surface area contributed by atoms with Crippen molar-refractivity contribution in [3.05, 3.63) is 35.9 Å². The van der Waals surface area contributed by atoms with Crippen molar-refractivity contribution in [1.82, 2.24) is 4.90 Å². The van der Waals surface area contributed by atoms with Gasteiger partial charge in [-0.3, -0.25) is 0 Å². The van der Waals surface area contributed by atoms with E-state index in [0.717, 1.165) is 18.5 Å². The Labute approximate surface area is 108 Å². The number of amides is 1. The van der Waals surface area contributed by atoms with Crippen molar-refractivity contribution in [2.75, 3.05) is 13.1 Å². The molecule has 0 spiro atoms. The molecule has 1 unspecified atom stereocenters. The number of hydrogen-bond donors (Lipinski definition) is 1. The Balaban J connectivity index is 1.79. The largest absolute Gasteiger partial charge is 0.445 e. The third-order valence-electron chi connectivity index (χ3n) is 3.43. The highest BCUT2D eigenvalue weighted by molar-refractivity contribution is 5.68. The molecule has 1 aromatic rings. The van der Waals surface area contributed by atoms with Gasteiger partial charge in [-0.25, -0.2) is 4.79 Å². The van der Waals surface area contributed by atoms with Gasteiger partial charge in [0.05, 0.1) is 0 Å². The number of nitrogens with two attached hydrogens (primary N) is 1. The third-order valence-corrected chi connectivity index (χ3v) is 3.43. The van der Waals surface area contributed by atoms with Crippen molar-refractivity contribution < 1.29 is 9.53 Å². The number of ether oxygens (including phenoxy) is 1. The lowest BCUT2D eigenvalue weighted by Gasteiger charge is -2.17. The maximum absolute atomic E-state index is 11.8. The van der Waals surface area contributed by atoms with Crippen LogP contribution in [-0.2, 0) is 11.3 Å². The van der Waals surface area contributed by atoms with Gasteiger partial charge in [0.1, 0.15) is 6.61 Å². The molecule has 1 aromatic carbocycles. The Hall–Kier alpha value is -1.55. The molecule has 18 heavy (non-hydrogen) atoms. The molecule has 2 atom stereocenters. The third kappa shape index (κ3) is 3.23. The van der Waals surface area contributed by atoms with Gasteiger partial charge in [-0.1, -0.05) is 30.3 Å². The van der Waals surface area contributed by atoms with Crippen molar-refractivity contribution in [3.8, 4) is 0 Å². The number of carbonyl (C=O) groups is 1. The number of nitrogens with zero attached hydrogens (tertiary/aromatic N) is 1. The second-order valence-electron chi connectivity index (χ2n) is 4.89. The van der Waals surface area contributed by atoms with Gasteiger partial charge in [0.2, 0.25) is 0 Å². The van der Waals surface area contributed by atoms with Crippen LogP contribution in [0, 0.1) is 5.92 Å². The molecular weight excluding hydrogens is 228 g/mol. The highest BCUT2D eigenvalue weighted by Gasteiger charge is 2.29. The Morgan fingerprint density at radius 2 is 2.22 bits per heavy atom. The van der Waals surface area contributed by atoms with E-state index in [1.807, 2.05) is 37.3 Å². The number of hydrogen-bond acceptors (Lipinski definition) is 3. The summed E-state index contributed by atoms with van der Waals surface area (Å²) in [7, 11) is 0. The fourth-order valence-corrected chi connectivity index (χ4v) is 2.19. The second-order valence-corrected chi connectivity index (χ2v) is 4.89. The van der Waals surface area contributed by atoms with Gasteiger partial charge in [0, 0.05) is 19.1 Å². The van der Waals surface area contributed by atoms with Gasteiger partial charge in [-0.05, 0) is 24.8 Å². The SMILES string of the molecule is CC(N)[C@@H]1CCN(C(=O)OCc2ccccc2)C1. The second kappa shape index (κ2) is 5.87. The zero-order valence-electron chi connectivity index (χ0n) is 10.7. The summed E-state index contributed by atoms with van der Waals surface area (Å²) < 4.78 is 5.29. The standard InChI is InChI=1S/C14H20N2O2/c1-11(15)13-7-8-16(9-13)14(17)18-10-12-5-3-2-4-6-12/h2-6,11,13H,7-10,15H2,1H3/t11?,13-/m1/s1. The average Bonchev–Trinajstić information content (AvgIpc) is 2.87. The van der Waals surface area contributed by atoms with E-state index in [4.69, 9.17) is 10.5 Å². The predicted octanol–water partition coefficient (Wildman–Crippen LogP) is 1.99. The monoisotopic (exact) mass is 248 g/mol. The zero-order chi connectivity index (χ0) is 13.0. The van der Waals surface area contributed by atoms with Crippen LogP contribution in [0.2, 0.25) is 0 Å². The Morgan fingerprint density at radius 3 is 2.83 bits per heavy atom. The molecule has 1 heterocycles. The molecule has 4 heteroatoms. The minimum Gasteiger partial charge on any atom is -0.445 e. The van der Waals surface area contributed by atoms with Gasteiger partial charge < -0.3 is 15.4 Å². The number of carbonyl (C=O) groups excluding carboxylic acids is 1. The minimum atomic E-state index is -0.234. The van der Waals surface area contributed by atoms with Crippen LogP contribution in [-0.4, -0.2) is 30.1 Å². The van der Waals surface area contributed by atoms with Crippen LogP contribution in [0.25, 0.3) is 0 Å². The fourth-order valence-electron chi connectivity index (χ4n) is 2.19. The Kier molecular flexibility index (Phi) is 4.20. The van der Waals surface area contributed by atoms with Crippen LogP contribution in [0.5, 0.6) is 0 Å². The van der Waals surface area contributed by atoms with Crippen LogP contribution < -0.4 is 5.73 Å². The first-order valence-corrected chi connectivity index (χ1v) is 6.38. The average molecular weight is 248 g/mol. The molecule has 2 rings (SSSR count). The molecule has 1 aliphatic rings. The van der Waals surface area contributed by atoms with E-state index in [9.17, 15) is 4.79 Å². The first kappa shape index (κ1) is 12.9. The lowest BCUT2D eigenvalue weighted by atomic mass is 10.0.